The Morgan fingerprint density at radius 1 is 1.19 bits per heavy atom. The molecule has 0 bridgehead atoms. The first kappa shape index (κ1) is 16.5. The van der Waals surface area contributed by atoms with Gasteiger partial charge < -0.3 is 10.2 Å². The van der Waals surface area contributed by atoms with Crippen molar-refractivity contribution in [1.29, 1.82) is 0 Å². The third-order valence-corrected chi connectivity index (χ3v) is 4.71. The molecule has 1 aliphatic rings. The molecule has 0 aromatic heterocycles. The molecule has 1 aliphatic heterocycles. The van der Waals surface area contributed by atoms with E-state index in [2.05, 4.69) is 54.4 Å². The Bertz CT molecular complexity index is 376. The van der Waals surface area contributed by atoms with Crippen molar-refractivity contribution in [2.75, 3.05) is 19.6 Å². The van der Waals surface area contributed by atoms with Gasteiger partial charge in [0.2, 0.25) is 0 Å². The van der Waals surface area contributed by atoms with E-state index in [0.717, 1.165) is 12.6 Å². The monoisotopic (exact) mass is 288 g/mol. The van der Waals surface area contributed by atoms with E-state index in [1.54, 1.807) is 0 Å². The van der Waals surface area contributed by atoms with E-state index < -0.39 is 0 Å². The Morgan fingerprint density at radius 3 is 2.71 bits per heavy atom. The number of piperidine rings is 1. The maximum Gasteiger partial charge on any atom is 0.0335 e. The maximum atomic E-state index is 3.70. The topological polar surface area (TPSA) is 15.3 Å². The van der Waals surface area contributed by atoms with Gasteiger partial charge in [0.1, 0.15) is 0 Å². The quantitative estimate of drug-likeness (QED) is 0.763. The standard InChI is InChI=1S/C19H32N2/c1-3-5-14-21-15-10-9-13-18(21)16-19(20-4-2)17-11-7-6-8-12-17/h6-8,11-12,18-20H,3-5,9-10,13-16H2,1-2H3. The molecular weight excluding hydrogens is 256 g/mol. The lowest BCUT2D eigenvalue weighted by Gasteiger charge is -2.38. The first-order valence-corrected chi connectivity index (χ1v) is 8.87. The van der Waals surface area contributed by atoms with Crippen LogP contribution in [-0.2, 0) is 0 Å². The maximum absolute atomic E-state index is 3.70. The van der Waals surface area contributed by atoms with Crippen LogP contribution in [0, 0.1) is 0 Å². The molecule has 0 spiro atoms. The zero-order chi connectivity index (χ0) is 14.9. The number of benzene rings is 1. The Morgan fingerprint density at radius 2 is 2.00 bits per heavy atom. The minimum absolute atomic E-state index is 0.503. The summed E-state index contributed by atoms with van der Waals surface area (Å²) in [7, 11) is 0. The Hall–Kier alpha value is -0.860. The average molecular weight is 288 g/mol. The molecule has 0 aliphatic carbocycles. The predicted octanol–water partition coefficient (Wildman–Crippen LogP) is 4.38. The van der Waals surface area contributed by atoms with Crippen LogP contribution in [0.5, 0.6) is 0 Å². The van der Waals surface area contributed by atoms with Gasteiger partial charge in [0, 0.05) is 12.1 Å². The Balaban J connectivity index is 2.00. The van der Waals surface area contributed by atoms with Crippen LogP contribution >= 0.6 is 0 Å². The van der Waals surface area contributed by atoms with E-state index in [9.17, 15) is 0 Å². The number of nitrogens with zero attached hydrogens (tertiary/aromatic N) is 1. The summed E-state index contributed by atoms with van der Waals surface area (Å²) in [6.07, 6.45) is 8.06. The van der Waals surface area contributed by atoms with Gasteiger partial charge in [-0.25, -0.2) is 0 Å². The van der Waals surface area contributed by atoms with Crippen molar-refractivity contribution in [3.63, 3.8) is 0 Å². The molecule has 1 fully saturated rings. The van der Waals surface area contributed by atoms with Gasteiger partial charge in [0.25, 0.3) is 0 Å². The van der Waals surface area contributed by atoms with Crippen molar-refractivity contribution in [2.45, 2.75) is 64.5 Å². The van der Waals surface area contributed by atoms with Crippen LogP contribution in [0.2, 0.25) is 0 Å². The summed E-state index contributed by atoms with van der Waals surface area (Å²) in [5, 5.41) is 3.70. The van der Waals surface area contributed by atoms with Gasteiger partial charge in [-0.1, -0.05) is 57.0 Å². The van der Waals surface area contributed by atoms with Crippen molar-refractivity contribution < 1.29 is 0 Å². The van der Waals surface area contributed by atoms with Gasteiger partial charge >= 0.3 is 0 Å². The molecule has 2 atom stereocenters. The molecule has 21 heavy (non-hydrogen) atoms. The van der Waals surface area contributed by atoms with Crippen molar-refractivity contribution >= 4 is 0 Å². The van der Waals surface area contributed by atoms with Crippen molar-refractivity contribution in [3.05, 3.63) is 35.9 Å². The number of hydrogen-bond acceptors (Lipinski definition) is 2. The molecule has 1 aromatic carbocycles. The summed E-state index contributed by atoms with van der Waals surface area (Å²) in [6.45, 7) is 8.14. The normalized spacial score (nSPS) is 21.3. The van der Waals surface area contributed by atoms with Crippen LogP contribution in [-0.4, -0.2) is 30.6 Å². The Kier molecular flexibility index (Phi) is 7.25. The third-order valence-electron chi connectivity index (χ3n) is 4.71. The molecule has 1 heterocycles. The second kappa shape index (κ2) is 9.22. The van der Waals surface area contributed by atoms with Gasteiger partial charge in [-0.3, -0.25) is 0 Å². The van der Waals surface area contributed by atoms with Crippen molar-refractivity contribution in [3.8, 4) is 0 Å². The molecule has 2 rings (SSSR count). The second-order valence-electron chi connectivity index (χ2n) is 6.30. The smallest absolute Gasteiger partial charge is 0.0335 e. The molecule has 2 heteroatoms. The van der Waals surface area contributed by atoms with E-state index in [4.69, 9.17) is 0 Å². The average Bonchev–Trinajstić information content (AvgIpc) is 2.54. The first-order valence-electron chi connectivity index (χ1n) is 8.87. The fourth-order valence-corrected chi connectivity index (χ4v) is 3.52. The summed E-state index contributed by atoms with van der Waals surface area (Å²) < 4.78 is 0. The van der Waals surface area contributed by atoms with Crippen LogP contribution in [0.1, 0.15) is 64.0 Å². The van der Waals surface area contributed by atoms with Gasteiger partial charge in [-0.15, -0.1) is 0 Å². The lowest BCUT2D eigenvalue weighted by atomic mass is 9.92. The van der Waals surface area contributed by atoms with Crippen LogP contribution in [0.4, 0.5) is 0 Å². The van der Waals surface area contributed by atoms with E-state index in [1.165, 1.54) is 57.2 Å². The molecule has 0 radical (unpaired) electrons. The number of nitrogens with one attached hydrogen (secondary N) is 1. The van der Waals surface area contributed by atoms with E-state index >= 15 is 0 Å². The second-order valence-corrected chi connectivity index (χ2v) is 6.30. The predicted molar refractivity (Wildman–Crippen MR) is 91.6 cm³/mol. The highest BCUT2D eigenvalue weighted by Crippen LogP contribution is 2.27. The molecule has 2 unspecified atom stereocenters. The molecule has 0 saturated carbocycles. The third kappa shape index (κ3) is 5.12. The highest BCUT2D eigenvalue weighted by Gasteiger charge is 2.25. The fraction of sp³-hybridized carbons (Fsp3) is 0.684. The van der Waals surface area contributed by atoms with Crippen molar-refractivity contribution in [1.82, 2.24) is 10.2 Å². The van der Waals surface area contributed by atoms with Crippen LogP contribution in [0.25, 0.3) is 0 Å². The summed E-state index contributed by atoms with van der Waals surface area (Å²) >= 11 is 0. The lowest BCUT2D eigenvalue weighted by molar-refractivity contribution is 0.128. The Labute approximate surface area is 130 Å². The van der Waals surface area contributed by atoms with Gasteiger partial charge in [-0.05, 0) is 50.9 Å². The highest BCUT2D eigenvalue weighted by atomic mass is 15.2. The SMILES string of the molecule is CCCCN1CCCCC1CC(NCC)c1ccccc1. The summed E-state index contributed by atoms with van der Waals surface area (Å²) in [5.41, 5.74) is 1.44. The fourth-order valence-electron chi connectivity index (χ4n) is 3.52. The van der Waals surface area contributed by atoms with E-state index in [-0.39, 0.29) is 0 Å². The van der Waals surface area contributed by atoms with E-state index in [0.29, 0.717) is 6.04 Å². The molecule has 1 N–H and O–H groups in total. The number of hydrogen-bond donors (Lipinski definition) is 1. The minimum atomic E-state index is 0.503. The van der Waals surface area contributed by atoms with Crippen LogP contribution < -0.4 is 5.32 Å². The number of likely N-dealkylation sites (tertiary alicyclic amines) is 1. The lowest BCUT2D eigenvalue weighted by Crippen LogP contribution is -2.42. The molecule has 2 nitrogen and oxygen atoms in total. The molecule has 1 saturated heterocycles. The molecule has 1 aromatic rings. The minimum Gasteiger partial charge on any atom is -0.310 e. The molecule has 0 amide bonds. The zero-order valence-electron chi connectivity index (χ0n) is 13.9. The number of unbranched alkanes of at least 4 members (excludes halogenated alkanes) is 1. The zero-order valence-corrected chi connectivity index (χ0v) is 13.9. The van der Waals surface area contributed by atoms with Gasteiger partial charge in [0.05, 0.1) is 0 Å². The first-order chi connectivity index (χ1) is 10.3. The van der Waals surface area contributed by atoms with Gasteiger partial charge in [-0.2, -0.15) is 0 Å². The summed E-state index contributed by atoms with van der Waals surface area (Å²) in [5.74, 6) is 0. The summed E-state index contributed by atoms with van der Waals surface area (Å²) in [4.78, 5) is 2.75. The van der Waals surface area contributed by atoms with Crippen LogP contribution in [0.15, 0.2) is 30.3 Å². The summed E-state index contributed by atoms with van der Waals surface area (Å²) in [6, 6.07) is 12.2. The number of rotatable bonds is 8. The van der Waals surface area contributed by atoms with Crippen LogP contribution in [0.3, 0.4) is 0 Å². The largest absolute Gasteiger partial charge is 0.310 e. The van der Waals surface area contributed by atoms with Gasteiger partial charge in [0.15, 0.2) is 0 Å². The van der Waals surface area contributed by atoms with Crippen molar-refractivity contribution in [2.24, 2.45) is 0 Å². The molecule has 118 valence electrons. The molecular formula is C19H32N2. The highest BCUT2D eigenvalue weighted by molar-refractivity contribution is 5.19. The van der Waals surface area contributed by atoms with E-state index in [1.807, 2.05) is 0 Å².